The highest BCUT2D eigenvalue weighted by Gasteiger charge is 2.40. The Labute approximate surface area is 608 Å². The third kappa shape index (κ3) is 10.8. The molecular formula is C94H67BClN6O2. The quantitative estimate of drug-likeness (QED) is 0.114. The van der Waals surface area contributed by atoms with Crippen molar-refractivity contribution in [1.29, 1.82) is 0 Å². The highest BCUT2D eigenvalue weighted by Crippen LogP contribution is 2.55. The molecule has 0 unspecified atom stereocenters. The Kier molecular flexibility index (Phi) is 15.8. The van der Waals surface area contributed by atoms with E-state index in [1.165, 1.54) is 110 Å². The van der Waals surface area contributed by atoms with E-state index in [1.807, 2.05) is 78.9 Å². The Hall–Kier alpha value is -12.5. The van der Waals surface area contributed by atoms with Gasteiger partial charge in [0.15, 0.2) is 5.82 Å². The number of nitrogens with zero attached hydrogens (tertiary/aromatic N) is 6. The van der Waals surface area contributed by atoms with Crippen LogP contribution in [-0.2, 0) is 10.8 Å². The first-order valence-corrected chi connectivity index (χ1v) is 35.5. The Morgan fingerprint density at radius 3 is 1.17 bits per heavy atom. The van der Waals surface area contributed by atoms with Gasteiger partial charge in [-0.3, -0.25) is 0 Å². The van der Waals surface area contributed by atoms with Crippen LogP contribution >= 0.6 is 11.6 Å². The number of fused-ring (bicyclic) bond motifs is 16. The summed E-state index contributed by atoms with van der Waals surface area (Å²) in [5.41, 5.74) is 29.1. The first-order chi connectivity index (χ1) is 51.0. The maximum absolute atomic E-state index is 8.95. The molecule has 0 bridgehead atoms. The van der Waals surface area contributed by atoms with E-state index in [0.29, 0.717) is 13.4 Å². The summed E-state index contributed by atoms with van der Waals surface area (Å²) in [5.74, 6) is 1.32. The Morgan fingerprint density at radius 1 is 0.317 bits per heavy atom. The third-order valence-electron chi connectivity index (χ3n) is 21.1. The zero-order chi connectivity index (χ0) is 70.2. The molecule has 18 aromatic rings. The second kappa shape index (κ2) is 25.8. The number of aromatic nitrogens is 6. The van der Waals surface area contributed by atoms with Gasteiger partial charge in [-0.25, -0.2) is 19.9 Å². The smallest absolute Gasteiger partial charge is 0.537 e. The van der Waals surface area contributed by atoms with Crippen molar-refractivity contribution in [3.8, 4) is 95.5 Å². The summed E-state index contributed by atoms with van der Waals surface area (Å²) < 4.78 is 9.95. The summed E-state index contributed by atoms with van der Waals surface area (Å²) in [7, 11) is 0.710. The molecule has 495 valence electrons. The molecule has 8 nitrogen and oxygen atoms in total. The largest absolute Gasteiger partial charge is 0.569 e. The average molecular weight is 1360 g/mol. The normalized spacial score (nSPS) is 12.9. The lowest BCUT2D eigenvalue weighted by atomic mass is 9.81. The fourth-order valence-corrected chi connectivity index (χ4v) is 16.4. The predicted molar refractivity (Wildman–Crippen MR) is 430 cm³/mol. The second-order valence-electron chi connectivity index (χ2n) is 27.7. The fourth-order valence-electron chi connectivity index (χ4n) is 16.3. The molecule has 14 aromatic carbocycles. The summed E-state index contributed by atoms with van der Waals surface area (Å²) in [6.07, 6.45) is 0. The molecule has 0 fully saturated rings. The van der Waals surface area contributed by atoms with E-state index >= 15 is 0 Å². The van der Waals surface area contributed by atoms with Crippen molar-refractivity contribution in [3.63, 3.8) is 0 Å². The summed E-state index contributed by atoms with van der Waals surface area (Å²) in [5, 5.41) is 16.3. The number of para-hydroxylation sites is 4. The van der Waals surface area contributed by atoms with E-state index < -0.39 is 0 Å². The zero-order valence-electron chi connectivity index (χ0n) is 57.7. The minimum atomic E-state index is -0.133. The minimum absolute atomic E-state index is 0.105. The van der Waals surface area contributed by atoms with Crippen LogP contribution in [0.1, 0.15) is 49.9 Å². The SMILES string of the molecule is CC1(C)c2ccccc2-c2ccc3c4ccccc4n(-c4ccc(-c5nc(-c6ccc(-c7ccccc7)cc6)c6ccccc6n5)cc4)c3c21.CC1(C)c2ccccc2-c2ccc3c4ccccc4n(-c4ccc(O[B]O)cc4)c3c21.Clc1nc(-c2ccc(-c3ccccc3)cc2)c2ccccc2n1. The van der Waals surface area contributed by atoms with E-state index in [0.717, 1.165) is 67.1 Å². The van der Waals surface area contributed by atoms with Gasteiger partial charge in [-0.1, -0.05) is 282 Å². The number of benzene rings is 14. The molecule has 2 aliphatic rings. The molecular weight excluding hydrogens is 1290 g/mol. The lowest BCUT2D eigenvalue weighted by Crippen LogP contribution is -2.16. The summed E-state index contributed by atoms with van der Waals surface area (Å²) >= 11 is 6.08. The molecule has 0 saturated heterocycles. The molecule has 0 spiro atoms. The molecule has 0 amide bonds. The number of halogens is 1. The zero-order valence-corrected chi connectivity index (χ0v) is 58.4. The molecule has 20 rings (SSSR count). The highest BCUT2D eigenvalue weighted by atomic mass is 35.5. The number of hydrogen-bond donors (Lipinski definition) is 1. The van der Waals surface area contributed by atoms with Crippen molar-refractivity contribution >= 4 is 84.7 Å². The van der Waals surface area contributed by atoms with Crippen LogP contribution in [0.3, 0.4) is 0 Å². The molecule has 1 N–H and O–H groups in total. The average Bonchev–Trinajstić information content (AvgIpc) is 1.54. The van der Waals surface area contributed by atoms with Gasteiger partial charge in [0.1, 0.15) is 5.75 Å². The van der Waals surface area contributed by atoms with Crippen LogP contribution in [-0.4, -0.2) is 41.8 Å². The van der Waals surface area contributed by atoms with Gasteiger partial charge in [0.05, 0.1) is 44.5 Å². The summed E-state index contributed by atoms with van der Waals surface area (Å²) in [6.45, 7) is 9.39. The van der Waals surface area contributed by atoms with Gasteiger partial charge < -0.3 is 18.8 Å². The van der Waals surface area contributed by atoms with E-state index in [1.54, 1.807) is 0 Å². The van der Waals surface area contributed by atoms with Crippen LogP contribution in [0.5, 0.6) is 5.75 Å². The van der Waals surface area contributed by atoms with E-state index in [4.69, 9.17) is 31.2 Å². The van der Waals surface area contributed by atoms with Gasteiger partial charge in [0.2, 0.25) is 5.28 Å². The molecule has 2 aliphatic carbocycles. The van der Waals surface area contributed by atoms with Crippen LogP contribution in [0.25, 0.3) is 155 Å². The van der Waals surface area contributed by atoms with Gasteiger partial charge in [0.25, 0.3) is 0 Å². The standard InChI is InChI=1S/C47H33N3.C27H21BNO2.C20H13ClN2/c1-47(2)40-17-9-6-14-35(40)37-28-29-38-36-15-8-11-19-42(36)50(45(38)43(37)47)34-26-24-33(25-27-34)46-48-41-18-10-7-16-39(41)44(49-46)32-22-20-31(21-23-32)30-12-4-3-5-13-30;1-27(2)23-9-5-3-7-19(23)21-15-16-22-20-8-4-6-10-24(20)29(26(22)25(21)27)17-11-13-18(14-12-17)31-28-30;21-20-22-18-9-5-4-8-17(18)19(23-20)16-12-10-15(11-13-16)14-6-2-1-3-7-14/h3-29H,1-2H3;3-16,30H,1-2H3;1-13H. The van der Waals surface area contributed by atoms with Crippen molar-refractivity contribution in [2.24, 2.45) is 0 Å². The van der Waals surface area contributed by atoms with Gasteiger partial charge in [-0.15, -0.1) is 0 Å². The van der Waals surface area contributed by atoms with E-state index in [2.05, 4.69) is 296 Å². The summed E-state index contributed by atoms with van der Waals surface area (Å²) in [6, 6.07) is 115. The Balaban J connectivity index is 0.000000121. The minimum Gasteiger partial charge on any atom is -0.537 e. The fraction of sp³-hybridized carbons (Fsp3) is 0.0638. The molecule has 4 heterocycles. The topological polar surface area (TPSA) is 90.9 Å². The Bertz CT molecular complexity index is 6350. The van der Waals surface area contributed by atoms with E-state index in [-0.39, 0.29) is 16.1 Å². The third-order valence-corrected chi connectivity index (χ3v) is 21.3. The van der Waals surface area contributed by atoms with Crippen molar-refractivity contribution in [3.05, 3.63) is 355 Å². The van der Waals surface area contributed by atoms with Crippen LogP contribution in [0, 0.1) is 0 Å². The second-order valence-corrected chi connectivity index (χ2v) is 28.1. The first kappa shape index (κ1) is 63.6. The van der Waals surface area contributed by atoms with Gasteiger partial charge >= 0.3 is 7.69 Å². The maximum Gasteiger partial charge on any atom is 0.569 e. The van der Waals surface area contributed by atoms with Crippen LogP contribution in [0.15, 0.2) is 328 Å². The summed E-state index contributed by atoms with van der Waals surface area (Å²) in [4.78, 5) is 19.0. The van der Waals surface area contributed by atoms with Crippen molar-refractivity contribution < 1.29 is 9.68 Å². The van der Waals surface area contributed by atoms with Crippen molar-refractivity contribution in [2.45, 2.75) is 38.5 Å². The van der Waals surface area contributed by atoms with Gasteiger partial charge in [-0.05, 0) is 151 Å². The molecule has 10 heteroatoms. The molecule has 104 heavy (non-hydrogen) atoms. The molecule has 1 radical (unpaired) electrons. The van der Waals surface area contributed by atoms with Crippen molar-refractivity contribution in [1.82, 2.24) is 29.1 Å². The maximum atomic E-state index is 8.95. The molecule has 0 atom stereocenters. The van der Waals surface area contributed by atoms with Crippen LogP contribution in [0.4, 0.5) is 0 Å². The van der Waals surface area contributed by atoms with E-state index in [9.17, 15) is 0 Å². The Morgan fingerprint density at radius 2 is 0.692 bits per heavy atom. The van der Waals surface area contributed by atoms with Crippen LogP contribution < -0.4 is 4.65 Å². The molecule has 4 aromatic heterocycles. The van der Waals surface area contributed by atoms with Gasteiger partial charge in [-0.2, -0.15) is 0 Å². The van der Waals surface area contributed by atoms with Crippen molar-refractivity contribution in [2.75, 3.05) is 0 Å². The molecule has 0 aliphatic heterocycles. The monoisotopic (exact) mass is 1360 g/mol. The van der Waals surface area contributed by atoms with Crippen LogP contribution in [0.2, 0.25) is 5.28 Å². The predicted octanol–water partition coefficient (Wildman–Crippen LogP) is 23.6. The highest BCUT2D eigenvalue weighted by molar-refractivity contribution is 6.29. The lowest BCUT2D eigenvalue weighted by Gasteiger charge is -2.23. The first-order valence-electron chi connectivity index (χ1n) is 35.2. The van der Waals surface area contributed by atoms with Gasteiger partial charge in [0, 0.05) is 71.2 Å². The molecule has 0 saturated carbocycles. The number of rotatable bonds is 9. The number of hydrogen-bond acceptors (Lipinski definition) is 6. The lowest BCUT2D eigenvalue weighted by molar-refractivity contribution is 0.454.